The Bertz CT molecular complexity index is 834. The van der Waals surface area contributed by atoms with Gasteiger partial charge in [-0.25, -0.2) is 0 Å². The van der Waals surface area contributed by atoms with Crippen LogP contribution in [0.3, 0.4) is 0 Å². The molecule has 1 N–H and O–H groups in total. The van der Waals surface area contributed by atoms with E-state index in [4.69, 9.17) is 16.3 Å². The first-order chi connectivity index (χ1) is 13.6. The number of carbonyl (C=O) groups excluding carboxylic acids is 2. The molecule has 6 heteroatoms. The van der Waals surface area contributed by atoms with Gasteiger partial charge in [-0.2, -0.15) is 0 Å². The highest BCUT2D eigenvalue weighted by Crippen LogP contribution is 2.26. The van der Waals surface area contributed by atoms with Crippen LogP contribution in [0.5, 0.6) is 5.75 Å². The number of anilines is 1. The average molecular weight is 401 g/mol. The highest BCUT2D eigenvalue weighted by atomic mass is 35.5. The van der Waals surface area contributed by atoms with Gasteiger partial charge in [0.05, 0.1) is 16.3 Å². The minimum absolute atomic E-state index is 0.0457. The molecule has 0 saturated carbocycles. The number of amides is 2. The fourth-order valence-electron chi connectivity index (χ4n) is 3.27. The van der Waals surface area contributed by atoms with Crippen molar-refractivity contribution in [2.24, 2.45) is 0 Å². The maximum Gasteiger partial charge on any atom is 0.265 e. The van der Waals surface area contributed by atoms with Crippen LogP contribution in [-0.2, 0) is 4.79 Å². The van der Waals surface area contributed by atoms with E-state index in [2.05, 4.69) is 5.32 Å². The standard InChI is InChI=1S/C22H25ClN2O3/c1-2-19(28-20-13-7-5-11-17(20)23)21(26)24-18-12-6-4-10-16(18)22(27)25-14-8-3-9-15-25/h4-7,10-13,19H,2-3,8-9,14-15H2,1H3,(H,24,26)/t19-/m1/s1. The highest BCUT2D eigenvalue weighted by molar-refractivity contribution is 6.32. The van der Waals surface area contributed by atoms with Gasteiger partial charge >= 0.3 is 0 Å². The minimum atomic E-state index is -0.710. The topological polar surface area (TPSA) is 58.6 Å². The van der Waals surface area contributed by atoms with Gasteiger partial charge < -0.3 is 15.0 Å². The molecule has 0 unspecified atom stereocenters. The third-order valence-electron chi connectivity index (χ3n) is 4.83. The summed E-state index contributed by atoms with van der Waals surface area (Å²) in [7, 11) is 0. The molecular formula is C22H25ClN2O3. The van der Waals surface area contributed by atoms with Gasteiger partial charge in [0.15, 0.2) is 6.10 Å². The zero-order valence-corrected chi connectivity index (χ0v) is 16.7. The lowest BCUT2D eigenvalue weighted by Crippen LogP contribution is -2.37. The van der Waals surface area contributed by atoms with Gasteiger partial charge in [-0.05, 0) is 49.9 Å². The molecule has 5 nitrogen and oxygen atoms in total. The molecule has 2 amide bonds. The van der Waals surface area contributed by atoms with Crippen molar-refractivity contribution >= 4 is 29.1 Å². The van der Waals surface area contributed by atoms with Gasteiger partial charge in [0.25, 0.3) is 11.8 Å². The van der Waals surface area contributed by atoms with Crippen molar-refractivity contribution in [3.05, 3.63) is 59.1 Å². The summed E-state index contributed by atoms with van der Waals surface area (Å²) in [5.41, 5.74) is 1.01. The van der Waals surface area contributed by atoms with E-state index in [9.17, 15) is 9.59 Å². The van der Waals surface area contributed by atoms with Crippen molar-refractivity contribution in [2.45, 2.75) is 38.7 Å². The molecule has 3 rings (SSSR count). The van der Waals surface area contributed by atoms with E-state index in [-0.39, 0.29) is 11.8 Å². The summed E-state index contributed by atoms with van der Waals surface area (Å²) < 4.78 is 5.81. The number of carbonyl (C=O) groups is 2. The van der Waals surface area contributed by atoms with Gasteiger partial charge in [-0.1, -0.05) is 42.8 Å². The lowest BCUT2D eigenvalue weighted by atomic mass is 10.1. The molecule has 0 spiro atoms. The molecule has 1 heterocycles. The number of halogens is 1. The summed E-state index contributed by atoms with van der Waals surface area (Å²) in [5, 5.41) is 3.32. The van der Waals surface area contributed by atoms with Crippen molar-refractivity contribution < 1.29 is 14.3 Å². The van der Waals surface area contributed by atoms with E-state index in [1.165, 1.54) is 0 Å². The molecule has 0 aliphatic carbocycles. The first-order valence-electron chi connectivity index (χ1n) is 9.70. The molecule has 148 valence electrons. The maximum absolute atomic E-state index is 12.9. The van der Waals surface area contributed by atoms with Gasteiger partial charge in [0.2, 0.25) is 0 Å². The first kappa shape index (κ1) is 20.2. The summed E-state index contributed by atoms with van der Waals surface area (Å²) in [6.45, 7) is 3.38. The Balaban J connectivity index is 1.74. The normalized spacial score (nSPS) is 15.0. The van der Waals surface area contributed by atoms with E-state index in [0.717, 1.165) is 32.4 Å². The number of nitrogens with one attached hydrogen (secondary N) is 1. The Morgan fingerprint density at radius 3 is 2.46 bits per heavy atom. The van der Waals surface area contributed by atoms with Crippen LogP contribution in [0.25, 0.3) is 0 Å². The van der Waals surface area contributed by atoms with E-state index < -0.39 is 6.10 Å². The van der Waals surface area contributed by atoms with Gasteiger partial charge in [-0.3, -0.25) is 9.59 Å². The first-order valence-corrected chi connectivity index (χ1v) is 10.1. The number of nitrogens with zero attached hydrogens (tertiary/aromatic N) is 1. The third-order valence-corrected chi connectivity index (χ3v) is 5.14. The van der Waals surface area contributed by atoms with Crippen LogP contribution in [0.1, 0.15) is 43.0 Å². The molecule has 2 aromatic rings. The molecule has 1 fully saturated rings. The van der Waals surface area contributed by atoms with Crippen molar-refractivity contribution in [1.29, 1.82) is 0 Å². The van der Waals surface area contributed by atoms with Gasteiger partial charge in [-0.15, -0.1) is 0 Å². The molecule has 0 bridgehead atoms. The summed E-state index contributed by atoms with van der Waals surface area (Å²) >= 11 is 6.14. The van der Waals surface area contributed by atoms with Crippen molar-refractivity contribution in [3.63, 3.8) is 0 Å². The lowest BCUT2D eigenvalue weighted by Gasteiger charge is -2.27. The SMILES string of the molecule is CC[C@@H](Oc1ccccc1Cl)C(=O)Nc1ccccc1C(=O)N1CCCCC1. The molecule has 0 radical (unpaired) electrons. The van der Waals surface area contributed by atoms with E-state index in [1.807, 2.05) is 17.9 Å². The Hall–Kier alpha value is -2.53. The molecule has 28 heavy (non-hydrogen) atoms. The number of para-hydroxylation sites is 2. The molecule has 1 aliphatic heterocycles. The number of hydrogen-bond donors (Lipinski definition) is 1. The van der Waals surface area contributed by atoms with E-state index in [1.54, 1.807) is 42.5 Å². The number of benzene rings is 2. The summed E-state index contributed by atoms with van der Waals surface area (Å²) in [5.74, 6) is 0.112. The van der Waals surface area contributed by atoms with Gasteiger partial charge in [0, 0.05) is 13.1 Å². The zero-order valence-electron chi connectivity index (χ0n) is 16.0. The number of rotatable bonds is 6. The van der Waals surface area contributed by atoms with Crippen LogP contribution < -0.4 is 10.1 Å². The van der Waals surface area contributed by atoms with Gasteiger partial charge in [0.1, 0.15) is 5.75 Å². The Labute approximate surface area is 170 Å². The predicted octanol–water partition coefficient (Wildman–Crippen LogP) is 4.76. The van der Waals surface area contributed by atoms with Crippen LogP contribution in [0.4, 0.5) is 5.69 Å². The summed E-state index contributed by atoms with van der Waals surface area (Å²) in [6, 6.07) is 14.2. The van der Waals surface area contributed by atoms with Crippen molar-refractivity contribution in [2.75, 3.05) is 18.4 Å². The van der Waals surface area contributed by atoms with Crippen molar-refractivity contribution in [1.82, 2.24) is 4.90 Å². The quantitative estimate of drug-likeness (QED) is 0.760. The number of hydrogen-bond acceptors (Lipinski definition) is 3. The number of likely N-dealkylation sites (tertiary alicyclic amines) is 1. The predicted molar refractivity (Wildman–Crippen MR) is 111 cm³/mol. The van der Waals surface area contributed by atoms with Crippen LogP contribution in [0.15, 0.2) is 48.5 Å². The fraction of sp³-hybridized carbons (Fsp3) is 0.364. The highest BCUT2D eigenvalue weighted by Gasteiger charge is 2.24. The molecule has 2 aromatic carbocycles. The van der Waals surface area contributed by atoms with E-state index in [0.29, 0.717) is 28.4 Å². The second-order valence-corrected chi connectivity index (χ2v) is 7.24. The molecule has 1 saturated heterocycles. The summed E-state index contributed by atoms with van der Waals surface area (Å²) in [6.07, 6.45) is 2.95. The van der Waals surface area contributed by atoms with E-state index >= 15 is 0 Å². The molecular weight excluding hydrogens is 376 g/mol. The lowest BCUT2D eigenvalue weighted by molar-refractivity contribution is -0.122. The van der Waals surface area contributed by atoms with Crippen LogP contribution in [0, 0.1) is 0 Å². The molecule has 1 atom stereocenters. The monoisotopic (exact) mass is 400 g/mol. The minimum Gasteiger partial charge on any atom is -0.479 e. The average Bonchev–Trinajstić information content (AvgIpc) is 2.73. The van der Waals surface area contributed by atoms with Crippen LogP contribution in [0.2, 0.25) is 5.02 Å². The Morgan fingerprint density at radius 2 is 1.75 bits per heavy atom. The largest absolute Gasteiger partial charge is 0.479 e. The number of ether oxygens (including phenoxy) is 1. The molecule has 0 aromatic heterocycles. The molecule has 1 aliphatic rings. The zero-order chi connectivity index (χ0) is 19.9. The van der Waals surface area contributed by atoms with Crippen molar-refractivity contribution in [3.8, 4) is 5.75 Å². The third kappa shape index (κ3) is 4.84. The Kier molecular flexibility index (Phi) is 6.93. The maximum atomic E-state index is 12.9. The van der Waals surface area contributed by atoms with Crippen LogP contribution in [-0.4, -0.2) is 35.9 Å². The fourth-order valence-corrected chi connectivity index (χ4v) is 3.46. The number of piperidine rings is 1. The summed E-state index contributed by atoms with van der Waals surface area (Å²) in [4.78, 5) is 27.6. The Morgan fingerprint density at radius 1 is 1.07 bits per heavy atom. The second kappa shape index (κ2) is 9.60. The smallest absolute Gasteiger partial charge is 0.265 e. The second-order valence-electron chi connectivity index (χ2n) is 6.83. The van der Waals surface area contributed by atoms with Crippen LogP contribution >= 0.6 is 11.6 Å².